The molecule has 0 spiro atoms. The van der Waals surface area contributed by atoms with E-state index in [1.54, 1.807) is 23.5 Å². The summed E-state index contributed by atoms with van der Waals surface area (Å²) in [5, 5.41) is 8.36. The van der Waals surface area contributed by atoms with Crippen molar-refractivity contribution in [2.75, 3.05) is 5.32 Å². The molecule has 0 saturated carbocycles. The number of hydrogen-bond donors (Lipinski definition) is 2. The van der Waals surface area contributed by atoms with E-state index >= 15 is 0 Å². The minimum Gasteiger partial charge on any atom is -0.346 e. The number of nitrogens with zero attached hydrogens (tertiary/aromatic N) is 2. The first-order valence-electron chi connectivity index (χ1n) is 8.09. The number of carbonyl (C=O) groups is 2. The number of amides is 2. The van der Waals surface area contributed by atoms with E-state index in [2.05, 4.69) is 32.7 Å². The third-order valence-corrected chi connectivity index (χ3v) is 4.45. The van der Waals surface area contributed by atoms with Crippen molar-refractivity contribution >= 4 is 29.0 Å². The fraction of sp³-hybridized carbons (Fsp3) is 0.158. The number of pyridine rings is 1. The standard InChI is InChI=1S/C19H18N4O2S/c1-13(24)22-17-10-15(7-8-20-17)19(25)21-11-16-12-26-18(23-16)9-14-5-3-2-4-6-14/h2-8,10,12H,9,11H2,1H3,(H,21,25)(H,20,22,24). The van der Waals surface area contributed by atoms with Crippen LogP contribution in [0.5, 0.6) is 0 Å². The summed E-state index contributed by atoms with van der Waals surface area (Å²) in [4.78, 5) is 31.9. The van der Waals surface area contributed by atoms with Crippen molar-refractivity contribution in [1.29, 1.82) is 0 Å². The van der Waals surface area contributed by atoms with Crippen LogP contribution < -0.4 is 10.6 Å². The number of thiazole rings is 1. The summed E-state index contributed by atoms with van der Waals surface area (Å²) in [6.07, 6.45) is 2.27. The summed E-state index contributed by atoms with van der Waals surface area (Å²) in [6, 6.07) is 13.3. The molecule has 7 heteroatoms. The summed E-state index contributed by atoms with van der Waals surface area (Å²) in [7, 11) is 0. The lowest BCUT2D eigenvalue weighted by atomic mass is 10.2. The molecule has 0 fully saturated rings. The Balaban J connectivity index is 1.57. The quantitative estimate of drug-likeness (QED) is 0.702. The van der Waals surface area contributed by atoms with Crippen LogP contribution in [0.1, 0.15) is 33.5 Å². The Labute approximate surface area is 155 Å². The van der Waals surface area contributed by atoms with Gasteiger partial charge in [0.2, 0.25) is 5.91 Å². The zero-order chi connectivity index (χ0) is 18.4. The molecular weight excluding hydrogens is 348 g/mol. The smallest absolute Gasteiger partial charge is 0.251 e. The Morgan fingerprint density at radius 1 is 1.15 bits per heavy atom. The van der Waals surface area contributed by atoms with Crippen LogP contribution in [0, 0.1) is 0 Å². The molecule has 0 unspecified atom stereocenters. The SMILES string of the molecule is CC(=O)Nc1cc(C(=O)NCc2csc(Cc3ccccc3)n2)ccn1. The van der Waals surface area contributed by atoms with Crippen LogP contribution in [0.4, 0.5) is 5.82 Å². The van der Waals surface area contributed by atoms with Crippen LogP contribution in [-0.2, 0) is 17.8 Å². The molecule has 0 radical (unpaired) electrons. The number of hydrogen-bond acceptors (Lipinski definition) is 5. The van der Waals surface area contributed by atoms with Gasteiger partial charge in [-0.25, -0.2) is 9.97 Å². The zero-order valence-electron chi connectivity index (χ0n) is 14.2. The van der Waals surface area contributed by atoms with Gasteiger partial charge in [0.1, 0.15) is 5.82 Å². The highest BCUT2D eigenvalue weighted by Gasteiger charge is 2.09. The second kappa shape index (κ2) is 8.35. The molecular formula is C19H18N4O2S. The van der Waals surface area contributed by atoms with Gasteiger partial charge in [-0.2, -0.15) is 0 Å². The molecule has 2 heterocycles. The molecule has 132 valence electrons. The van der Waals surface area contributed by atoms with Crippen molar-refractivity contribution in [2.45, 2.75) is 19.9 Å². The van der Waals surface area contributed by atoms with Crippen molar-refractivity contribution in [3.05, 3.63) is 75.9 Å². The van der Waals surface area contributed by atoms with E-state index in [0.29, 0.717) is 17.9 Å². The number of aromatic nitrogens is 2. The van der Waals surface area contributed by atoms with Crippen molar-refractivity contribution in [2.24, 2.45) is 0 Å². The third-order valence-electron chi connectivity index (χ3n) is 3.55. The molecule has 26 heavy (non-hydrogen) atoms. The van der Waals surface area contributed by atoms with Crippen LogP contribution in [0.3, 0.4) is 0 Å². The molecule has 1 aromatic carbocycles. The van der Waals surface area contributed by atoms with Gasteiger partial charge in [-0.05, 0) is 17.7 Å². The molecule has 3 aromatic rings. The Kier molecular flexibility index (Phi) is 5.70. The van der Waals surface area contributed by atoms with Crippen molar-refractivity contribution < 1.29 is 9.59 Å². The maximum atomic E-state index is 12.3. The normalized spacial score (nSPS) is 10.3. The summed E-state index contributed by atoms with van der Waals surface area (Å²) in [5.74, 6) is -0.121. The van der Waals surface area contributed by atoms with E-state index < -0.39 is 0 Å². The highest BCUT2D eigenvalue weighted by atomic mass is 32.1. The van der Waals surface area contributed by atoms with Crippen LogP contribution in [0.15, 0.2) is 54.0 Å². The van der Waals surface area contributed by atoms with Crippen LogP contribution in [0.2, 0.25) is 0 Å². The maximum Gasteiger partial charge on any atom is 0.251 e. The van der Waals surface area contributed by atoms with Gasteiger partial charge < -0.3 is 10.6 Å². The second-order valence-corrected chi connectivity index (χ2v) is 6.63. The minimum atomic E-state index is -0.239. The van der Waals surface area contributed by atoms with Gasteiger partial charge in [-0.15, -0.1) is 11.3 Å². The molecule has 3 rings (SSSR count). The maximum absolute atomic E-state index is 12.3. The second-order valence-electron chi connectivity index (χ2n) is 5.69. The predicted molar refractivity (Wildman–Crippen MR) is 101 cm³/mol. The van der Waals surface area contributed by atoms with Crippen LogP contribution >= 0.6 is 11.3 Å². The van der Waals surface area contributed by atoms with Crippen molar-refractivity contribution in [3.8, 4) is 0 Å². The van der Waals surface area contributed by atoms with Crippen molar-refractivity contribution in [3.63, 3.8) is 0 Å². The lowest BCUT2D eigenvalue weighted by Gasteiger charge is -2.05. The number of anilines is 1. The first kappa shape index (κ1) is 17.8. The van der Waals surface area contributed by atoms with Crippen LogP contribution in [-0.4, -0.2) is 21.8 Å². The summed E-state index contributed by atoms with van der Waals surface area (Å²) in [6.45, 7) is 1.74. The summed E-state index contributed by atoms with van der Waals surface area (Å²) >= 11 is 1.58. The monoisotopic (exact) mass is 366 g/mol. The highest BCUT2D eigenvalue weighted by molar-refractivity contribution is 7.09. The first-order chi connectivity index (χ1) is 12.6. The molecule has 2 aromatic heterocycles. The molecule has 0 aliphatic rings. The molecule has 2 N–H and O–H groups in total. The Bertz CT molecular complexity index is 909. The van der Waals surface area contributed by atoms with E-state index in [0.717, 1.165) is 17.1 Å². The predicted octanol–water partition coefficient (Wildman–Crippen LogP) is 3.02. The van der Waals surface area contributed by atoms with E-state index in [-0.39, 0.29) is 11.8 Å². The average Bonchev–Trinajstić information content (AvgIpc) is 3.07. The highest BCUT2D eigenvalue weighted by Crippen LogP contribution is 2.15. The molecule has 2 amide bonds. The molecule has 0 atom stereocenters. The third kappa shape index (κ3) is 4.97. The first-order valence-corrected chi connectivity index (χ1v) is 8.97. The fourth-order valence-electron chi connectivity index (χ4n) is 2.38. The molecule has 0 saturated heterocycles. The van der Waals surface area contributed by atoms with Crippen LogP contribution in [0.25, 0.3) is 0 Å². The van der Waals surface area contributed by atoms with Gasteiger partial charge in [-0.1, -0.05) is 30.3 Å². The molecule has 0 bridgehead atoms. The lowest BCUT2D eigenvalue weighted by Crippen LogP contribution is -2.23. The summed E-state index contributed by atoms with van der Waals surface area (Å²) in [5.41, 5.74) is 2.47. The largest absolute Gasteiger partial charge is 0.346 e. The van der Waals surface area contributed by atoms with E-state index in [9.17, 15) is 9.59 Å². The molecule has 6 nitrogen and oxygen atoms in total. The van der Waals surface area contributed by atoms with Gasteiger partial charge in [0.15, 0.2) is 0 Å². The fourth-order valence-corrected chi connectivity index (χ4v) is 3.20. The lowest BCUT2D eigenvalue weighted by molar-refractivity contribution is -0.114. The minimum absolute atomic E-state index is 0.233. The number of rotatable bonds is 6. The molecule has 0 aliphatic heterocycles. The van der Waals surface area contributed by atoms with Gasteiger partial charge in [0, 0.05) is 30.5 Å². The summed E-state index contributed by atoms with van der Waals surface area (Å²) < 4.78 is 0. The van der Waals surface area contributed by atoms with Gasteiger partial charge in [0.05, 0.1) is 17.2 Å². The number of nitrogens with one attached hydrogen (secondary N) is 2. The Hall–Kier alpha value is -3.06. The number of benzene rings is 1. The van der Waals surface area contributed by atoms with Gasteiger partial charge >= 0.3 is 0 Å². The molecule has 0 aliphatic carbocycles. The van der Waals surface area contributed by atoms with E-state index in [1.807, 2.05) is 23.6 Å². The van der Waals surface area contributed by atoms with E-state index in [4.69, 9.17) is 0 Å². The Morgan fingerprint density at radius 3 is 2.73 bits per heavy atom. The van der Waals surface area contributed by atoms with Crippen molar-refractivity contribution in [1.82, 2.24) is 15.3 Å². The van der Waals surface area contributed by atoms with Gasteiger partial charge in [0.25, 0.3) is 5.91 Å². The van der Waals surface area contributed by atoms with E-state index in [1.165, 1.54) is 18.7 Å². The average molecular weight is 366 g/mol. The Morgan fingerprint density at radius 2 is 1.96 bits per heavy atom. The van der Waals surface area contributed by atoms with Gasteiger partial charge in [-0.3, -0.25) is 9.59 Å². The zero-order valence-corrected chi connectivity index (χ0v) is 15.0. The topological polar surface area (TPSA) is 84.0 Å². The number of carbonyl (C=O) groups excluding carboxylic acids is 2.